The van der Waals surface area contributed by atoms with Crippen LogP contribution in [0.5, 0.6) is 0 Å². The van der Waals surface area contributed by atoms with E-state index in [9.17, 15) is 4.79 Å². The molecule has 0 aliphatic rings. The lowest BCUT2D eigenvalue weighted by Crippen LogP contribution is -2.35. The smallest absolute Gasteiger partial charge is 0.298 e. The van der Waals surface area contributed by atoms with E-state index in [0.29, 0.717) is 23.8 Å². The summed E-state index contributed by atoms with van der Waals surface area (Å²) in [7, 11) is 1.60. The maximum atomic E-state index is 11.4. The molecular weight excluding hydrogens is 232 g/mol. The Morgan fingerprint density at radius 3 is 3.00 bits per heavy atom. The van der Waals surface area contributed by atoms with E-state index >= 15 is 0 Å². The van der Waals surface area contributed by atoms with E-state index in [1.165, 1.54) is 0 Å². The van der Waals surface area contributed by atoms with Crippen molar-refractivity contribution in [3.05, 3.63) is 18.2 Å². The van der Waals surface area contributed by atoms with Gasteiger partial charge in [-0.1, -0.05) is 0 Å². The van der Waals surface area contributed by atoms with Crippen molar-refractivity contribution in [1.29, 1.82) is 0 Å². The molecule has 0 atom stereocenters. The standard InChI is InChI=1S/C12H16N4O2/c1-3-16(7-11(17)14-2)12-15-9-5-4-8(13)6-10(9)18-12/h4-6H,3,7,13H2,1-2H3,(H,14,17). The first-order valence-electron chi connectivity index (χ1n) is 5.75. The molecule has 0 saturated carbocycles. The molecule has 96 valence electrons. The maximum Gasteiger partial charge on any atom is 0.298 e. The number of rotatable bonds is 4. The van der Waals surface area contributed by atoms with Crippen LogP contribution in [0.4, 0.5) is 11.7 Å². The van der Waals surface area contributed by atoms with Gasteiger partial charge in [0.1, 0.15) is 12.1 Å². The molecule has 0 radical (unpaired) electrons. The van der Waals surface area contributed by atoms with Gasteiger partial charge in [-0.25, -0.2) is 0 Å². The first-order chi connectivity index (χ1) is 8.63. The van der Waals surface area contributed by atoms with E-state index in [1.807, 2.05) is 6.92 Å². The third-order valence-corrected chi connectivity index (χ3v) is 2.67. The Morgan fingerprint density at radius 1 is 1.56 bits per heavy atom. The first kappa shape index (κ1) is 12.2. The molecule has 0 aliphatic carbocycles. The molecule has 1 amide bonds. The summed E-state index contributed by atoms with van der Waals surface area (Å²) >= 11 is 0. The molecule has 1 aromatic heterocycles. The Bertz CT molecular complexity index is 564. The number of hydrogen-bond donors (Lipinski definition) is 2. The van der Waals surface area contributed by atoms with Gasteiger partial charge < -0.3 is 20.4 Å². The van der Waals surface area contributed by atoms with Gasteiger partial charge >= 0.3 is 0 Å². The number of fused-ring (bicyclic) bond motifs is 1. The zero-order chi connectivity index (χ0) is 13.1. The Labute approximate surface area is 105 Å². The fraction of sp³-hybridized carbons (Fsp3) is 0.333. The molecule has 0 bridgehead atoms. The SMILES string of the molecule is CCN(CC(=O)NC)c1nc2ccc(N)cc2o1. The van der Waals surface area contributed by atoms with Crippen LogP contribution in [-0.2, 0) is 4.79 Å². The highest BCUT2D eigenvalue weighted by Gasteiger charge is 2.15. The van der Waals surface area contributed by atoms with Crippen LogP contribution in [0.25, 0.3) is 11.1 Å². The van der Waals surface area contributed by atoms with Gasteiger partial charge in [0.2, 0.25) is 5.91 Å². The molecule has 18 heavy (non-hydrogen) atoms. The zero-order valence-corrected chi connectivity index (χ0v) is 10.4. The van der Waals surface area contributed by atoms with E-state index in [0.717, 1.165) is 5.52 Å². The third-order valence-electron chi connectivity index (χ3n) is 2.67. The maximum absolute atomic E-state index is 11.4. The Balaban J connectivity index is 2.30. The topological polar surface area (TPSA) is 84.4 Å². The van der Waals surface area contributed by atoms with Crippen LogP contribution in [-0.4, -0.2) is 31.0 Å². The fourth-order valence-electron chi connectivity index (χ4n) is 1.63. The lowest BCUT2D eigenvalue weighted by Gasteiger charge is -2.16. The molecule has 1 aromatic carbocycles. The van der Waals surface area contributed by atoms with Crippen LogP contribution in [0.15, 0.2) is 22.6 Å². The predicted octanol–water partition coefficient (Wildman–Crippen LogP) is 0.982. The van der Waals surface area contributed by atoms with E-state index in [1.54, 1.807) is 30.1 Å². The van der Waals surface area contributed by atoms with Crippen molar-refractivity contribution in [3.8, 4) is 0 Å². The lowest BCUT2D eigenvalue weighted by molar-refractivity contribution is -0.119. The first-order valence-corrected chi connectivity index (χ1v) is 5.75. The number of aromatic nitrogens is 1. The molecule has 0 spiro atoms. The number of hydrogen-bond acceptors (Lipinski definition) is 5. The summed E-state index contributed by atoms with van der Waals surface area (Å²) in [4.78, 5) is 17.5. The molecule has 0 saturated heterocycles. The Hall–Kier alpha value is -2.24. The van der Waals surface area contributed by atoms with Gasteiger partial charge in [-0.2, -0.15) is 4.98 Å². The van der Waals surface area contributed by atoms with Crippen molar-refractivity contribution < 1.29 is 9.21 Å². The van der Waals surface area contributed by atoms with Gasteiger partial charge in [0.05, 0.1) is 0 Å². The summed E-state index contributed by atoms with van der Waals surface area (Å²) in [5.41, 5.74) is 7.66. The highest BCUT2D eigenvalue weighted by Crippen LogP contribution is 2.23. The van der Waals surface area contributed by atoms with Crippen LogP contribution in [0.3, 0.4) is 0 Å². The predicted molar refractivity (Wildman–Crippen MR) is 70.4 cm³/mol. The largest absolute Gasteiger partial charge is 0.423 e. The number of oxazole rings is 1. The number of benzene rings is 1. The lowest BCUT2D eigenvalue weighted by atomic mass is 10.3. The van der Waals surface area contributed by atoms with Crippen molar-refractivity contribution in [1.82, 2.24) is 10.3 Å². The summed E-state index contributed by atoms with van der Waals surface area (Å²) in [5.74, 6) is -0.0846. The van der Waals surface area contributed by atoms with Crippen molar-refractivity contribution in [2.45, 2.75) is 6.92 Å². The van der Waals surface area contributed by atoms with Gasteiger partial charge in [0.15, 0.2) is 5.58 Å². The Morgan fingerprint density at radius 2 is 2.33 bits per heavy atom. The van der Waals surface area contributed by atoms with Crippen LogP contribution < -0.4 is 16.0 Å². The summed E-state index contributed by atoms with van der Waals surface area (Å²) in [5, 5.41) is 2.57. The van der Waals surface area contributed by atoms with E-state index in [-0.39, 0.29) is 12.5 Å². The molecule has 0 aliphatic heterocycles. The second-order valence-electron chi connectivity index (χ2n) is 3.91. The van der Waals surface area contributed by atoms with Crippen LogP contribution >= 0.6 is 0 Å². The normalized spacial score (nSPS) is 10.6. The molecule has 2 rings (SSSR count). The summed E-state index contributed by atoms with van der Waals surface area (Å²) in [6.07, 6.45) is 0. The number of anilines is 2. The van der Waals surface area contributed by atoms with Gasteiger partial charge in [0.25, 0.3) is 6.01 Å². The zero-order valence-electron chi connectivity index (χ0n) is 10.4. The third kappa shape index (κ3) is 2.37. The molecule has 1 heterocycles. The summed E-state index contributed by atoms with van der Waals surface area (Å²) < 4.78 is 5.60. The molecule has 0 unspecified atom stereocenters. The minimum absolute atomic E-state index is 0.0846. The number of nitrogens with two attached hydrogens (primary N) is 1. The number of carbonyl (C=O) groups is 1. The molecule has 6 heteroatoms. The minimum atomic E-state index is -0.0846. The second kappa shape index (κ2) is 4.95. The van der Waals surface area contributed by atoms with Crippen molar-refractivity contribution in [2.24, 2.45) is 0 Å². The quantitative estimate of drug-likeness (QED) is 0.788. The molecule has 3 N–H and O–H groups in total. The van der Waals surface area contributed by atoms with Gasteiger partial charge in [-0.15, -0.1) is 0 Å². The fourth-order valence-corrected chi connectivity index (χ4v) is 1.63. The van der Waals surface area contributed by atoms with Gasteiger partial charge in [0, 0.05) is 25.3 Å². The molecule has 2 aromatic rings. The van der Waals surface area contributed by atoms with E-state index < -0.39 is 0 Å². The average Bonchev–Trinajstić information content (AvgIpc) is 2.78. The number of nitrogens with zero attached hydrogens (tertiary/aromatic N) is 2. The molecule has 6 nitrogen and oxygen atoms in total. The Kier molecular flexibility index (Phi) is 3.36. The van der Waals surface area contributed by atoms with Gasteiger partial charge in [-0.3, -0.25) is 4.79 Å². The molecular formula is C12H16N4O2. The highest BCUT2D eigenvalue weighted by atomic mass is 16.4. The van der Waals surface area contributed by atoms with Crippen LogP contribution in [0.1, 0.15) is 6.92 Å². The number of likely N-dealkylation sites (N-methyl/N-ethyl adjacent to an activating group) is 2. The number of carbonyl (C=O) groups excluding carboxylic acids is 1. The van der Waals surface area contributed by atoms with Crippen molar-refractivity contribution in [3.63, 3.8) is 0 Å². The van der Waals surface area contributed by atoms with E-state index in [2.05, 4.69) is 10.3 Å². The number of amides is 1. The molecule has 0 fully saturated rings. The second-order valence-corrected chi connectivity index (χ2v) is 3.91. The number of nitrogen functional groups attached to an aromatic ring is 1. The number of nitrogens with one attached hydrogen (secondary N) is 1. The summed E-state index contributed by atoms with van der Waals surface area (Å²) in [6, 6.07) is 5.72. The summed E-state index contributed by atoms with van der Waals surface area (Å²) in [6.45, 7) is 2.79. The average molecular weight is 248 g/mol. The monoisotopic (exact) mass is 248 g/mol. The van der Waals surface area contributed by atoms with Crippen molar-refractivity contribution >= 4 is 28.7 Å². The minimum Gasteiger partial charge on any atom is -0.423 e. The van der Waals surface area contributed by atoms with Crippen LogP contribution in [0.2, 0.25) is 0 Å². The van der Waals surface area contributed by atoms with E-state index in [4.69, 9.17) is 10.2 Å². The highest BCUT2D eigenvalue weighted by molar-refractivity contribution is 5.82. The van der Waals surface area contributed by atoms with Crippen molar-refractivity contribution in [2.75, 3.05) is 30.8 Å². The van der Waals surface area contributed by atoms with Gasteiger partial charge in [-0.05, 0) is 19.1 Å². The van der Waals surface area contributed by atoms with Crippen LogP contribution in [0, 0.1) is 0 Å².